The SMILES string of the molecule is COCCN1C[C@H]2CC[C@@H]1CN(C(=O)c1snnc1C)C2. The van der Waals surface area contributed by atoms with Crippen molar-refractivity contribution in [2.45, 2.75) is 25.8 Å². The van der Waals surface area contributed by atoms with Crippen LogP contribution in [0.5, 0.6) is 0 Å². The largest absolute Gasteiger partial charge is 0.383 e. The molecule has 116 valence electrons. The lowest BCUT2D eigenvalue weighted by Crippen LogP contribution is -2.45. The maximum absolute atomic E-state index is 12.7. The van der Waals surface area contributed by atoms with Crippen molar-refractivity contribution in [3.05, 3.63) is 10.6 Å². The van der Waals surface area contributed by atoms with Crippen molar-refractivity contribution in [1.29, 1.82) is 0 Å². The maximum Gasteiger partial charge on any atom is 0.267 e. The molecular weight excluding hydrogens is 288 g/mol. The fourth-order valence-corrected chi connectivity index (χ4v) is 4.02. The van der Waals surface area contributed by atoms with Gasteiger partial charge in [-0.15, -0.1) is 5.10 Å². The number of amides is 1. The Morgan fingerprint density at radius 3 is 2.95 bits per heavy atom. The number of hydrogen-bond donors (Lipinski definition) is 0. The molecule has 1 amide bonds. The zero-order valence-electron chi connectivity index (χ0n) is 12.6. The average molecular weight is 310 g/mol. The number of aromatic nitrogens is 2. The minimum absolute atomic E-state index is 0.105. The molecule has 0 N–H and O–H groups in total. The highest BCUT2D eigenvalue weighted by molar-refractivity contribution is 7.07. The van der Waals surface area contributed by atoms with E-state index in [9.17, 15) is 4.79 Å². The van der Waals surface area contributed by atoms with E-state index in [0.717, 1.165) is 38.5 Å². The number of carbonyl (C=O) groups is 1. The monoisotopic (exact) mass is 310 g/mol. The summed E-state index contributed by atoms with van der Waals surface area (Å²) in [5.74, 6) is 0.679. The highest BCUT2D eigenvalue weighted by Gasteiger charge is 2.37. The summed E-state index contributed by atoms with van der Waals surface area (Å²) in [5.41, 5.74) is 0.748. The molecule has 0 aromatic carbocycles. The number of hydrogen-bond acceptors (Lipinski definition) is 6. The Labute approximate surface area is 129 Å². The van der Waals surface area contributed by atoms with Crippen LogP contribution < -0.4 is 0 Å². The van der Waals surface area contributed by atoms with Gasteiger partial charge in [-0.1, -0.05) is 4.49 Å². The van der Waals surface area contributed by atoms with Crippen molar-refractivity contribution < 1.29 is 9.53 Å². The molecule has 0 unspecified atom stereocenters. The van der Waals surface area contributed by atoms with Crippen LogP contribution in [0.25, 0.3) is 0 Å². The molecule has 2 atom stereocenters. The molecule has 1 aromatic heterocycles. The summed E-state index contributed by atoms with van der Waals surface area (Å²) in [6.45, 7) is 6.33. The van der Waals surface area contributed by atoms with Crippen LogP contribution in [0.15, 0.2) is 0 Å². The number of aryl methyl sites for hydroxylation is 1. The maximum atomic E-state index is 12.7. The van der Waals surface area contributed by atoms with Gasteiger partial charge in [0.2, 0.25) is 0 Å². The van der Waals surface area contributed by atoms with Crippen molar-refractivity contribution in [2.75, 3.05) is 39.9 Å². The lowest BCUT2D eigenvalue weighted by molar-refractivity contribution is 0.0721. The first-order valence-electron chi connectivity index (χ1n) is 7.50. The number of ether oxygens (including phenoxy) is 1. The third-order valence-corrected chi connectivity index (χ3v) is 5.36. The first kappa shape index (κ1) is 14.9. The number of rotatable bonds is 4. The normalized spacial score (nSPS) is 26.1. The molecule has 0 aliphatic carbocycles. The number of nitrogens with zero attached hydrogens (tertiary/aromatic N) is 4. The highest BCUT2D eigenvalue weighted by Crippen LogP contribution is 2.29. The standard InChI is InChI=1S/C14H22N4O2S/c1-10-13(21-16-15-10)14(19)18-8-11-3-4-12(9-18)17(7-11)5-6-20-2/h11-12H,3-9H2,1-2H3/t11-,12-/m1/s1. The average Bonchev–Trinajstić information content (AvgIpc) is 2.72. The molecule has 0 radical (unpaired) electrons. The summed E-state index contributed by atoms with van der Waals surface area (Å²) in [7, 11) is 1.74. The number of methoxy groups -OCH3 is 1. The summed E-state index contributed by atoms with van der Waals surface area (Å²) >= 11 is 1.21. The zero-order valence-corrected chi connectivity index (χ0v) is 13.4. The molecule has 7 heteroatoms. The van der Waals surface area contributed by atoms with Crippen molar-refractivity contribution in [3.63, 3.8) is 0 Å². The molecule has 4 heterocycles. The van der Waals surface area contributed by atoms with Gasteiger partial charge >= 0.3 is 0 Å². The minimum atomic E-state index is 0.105. The summed E-state index contributed by atoms with van der Waals surface area (Å²) in [6, 6.07) is 0.462. The first-order valence-corrected chi connectivity index (χ1v) is 8.27. The van der Waals surface area contributed by atoms with Crippen LogP contribution in [-0.2, 0) is 4.74 Å². The number of fused-ring (bicyclic) bond motifs is 4. The minimum Gasteiger partial charge on any atom is -0.383 e. The Morgan fingerprint density at radius 2 is 2.24 bits per heavy atom. The van der Waals surface area contributed by atoms with Gasteiger partial charge < -0.3 is 9.64 Å². The van der Waals surface area contributed by atoms with E-state index in [1.54, 1.807) is 7.11 Å². The van der Waals surface area contributed by atoms with Gasteiger partial charge in [-0.05, 0) is 37.2 Å². The highest BCUT2D eigenvalue weighted by atomic mass is 32.1. The summed E-state index contributed by atoms with van der Waals surface area (Å²) < 4.78 is 9.09. The summed E-state index contributed by atoms with van der Waals surface area (Å²) in [6.07, 6.45) is 2.40. The molecule has 3 aliphatic rings. The van der Waals surface area contributed by atoms with E-state index in [1.165, 1.54) is 24.4 Å². The van der Waals surface area contributed by atoms with Crippen LogP contribution in [0.3, 0.4) is 0 Å². The Bertz CT molecular complexity index is 507. The number of carbonyl (C=O) groups excluding carboxylic acids is 1. The van der Waals surface area contributed by atoms with E-state index in [-0.39, 0.29) is 5.91 Å². The van der Waals surface area contributed by atoms with Gasteiger partial charge in [0.15, 0.2) is 0 Å². The molecule has 3 aliphatic heterocycles. The molecule has 3 fully saturated rings. The fourth-order valence-electron chi connectivity index (χ4n) is 3.40. The van der Waals surface area contributed by atoms with Gasteiger partial charge in [0.05, 0.1) is 12.3 Å². The second-order valence-electron chi connectivity index (χ2n) is 5.98. The van der Waals surface area contributed by atoms with Gasteiger partial charge in [0, 0.05) is 39.3 Å². The number of piperidine rings is 1. The van der Waals surface area contributed by atoms with Crippen LogP contribution in [-0.4, -0.2) is 71.2 Å². The van der Waals surface area contributed by atoms with Crippen LogP contribution in [0.1, 0.15) is 28.2 Å². The smallest absolute Gasteiger partial charge is 0.267 e. The van der Waals surface area contributed by atoms with Crippen molar-refractivity contribution in [3.8, 4) is 0 Å². The second-order valence-corrected chi connectivity index (χ2v) is 6.74. The molecule has 1 aromatic rings. The Hall–Kier alpha value is -1.05. The molecule has 2 bridgehead atoms. The van der Waals surface area contributed by atoms with Crippen molar-refractivity contribution >= 4 is 17.4 Å². The molecular formula is C14H22N4O2S. The van der Waals surface area contributed by atoms with Crippen LogP contribution in [0.4, 0.5) is 0 Å². The molecule has 0 saturated carbocycles. The topological polar surface area (TPSA) is 58.6 Å². The summed E-state index contributed by atoms with van der Waals surface area (Å²) in [4.78, 5) is 17.9. The van der Waals surface area contributed by atoms with E-state index < -0.39 is 0 Å². The van der Waals surface area contributed by atoms with E-state index in [4.69, 9.17) is 4.74 Å². The fraction of sp³-hybridized carbons (Fsp3) is 0.786. The van der Waals surface area contributed by atoms with Gasteiger partial charge in [0.1, 0.15) is 4.88 Å². The third kappa shape index (κ3) is 3.09. The molecule has 0 spiro atoms. The van der Waals surface area contributed by atoms with E-state index in [0.29, 0.717) is 16.8 Å². The Morgan fingerprint density at radius 1 is 1.38 bits per heavy atom. The molecule has 21 heavy (non-hydrogen) atoms. The van der Waals surface area contributed by atoms with Gasteiger partial charge in [-0.25, -0.2) is 0 Å². The van der Waals surface area contributed by atoms with Gasteiger partial charge in [-0.3, -0.25) is 9.69 Å². The summed E-state index contributed by atoms with van der Waals surface area (Å²) in [5, 5.41) is 3.96. The third-order valence-electron chi connectivity index (χ3n) is 4.54. The lowest BCUT2D eigenvalue weighted by Gasteiger charge is -2.35. The second kappa shape index (κ2) is 6.37. The van der Waals surface area contributed by atoms with Gasteiger partial charge in [0.25, 0.3) is 5.91 Å². The van der Waals surface area contributed by atoms with E-state index >= 15 is 0 Å². The molecule has 4 rings (SSSR count). The van der Waals surface area contributed by atoms with Crippen LogP contribution in [0, 0.1) is 12.8 Å². The predicted molar refractivity (Wildman–Crippen MR) is 80.5 cm³/mol. The first-order chi connectivity index (χ1) is 10.2. The Kier molecular flexibility index (Phi) is 4.51. The molecule has 3 saturated heterocycles. The van der Waals surface area contributed by atoms with Crippen molar-refractivity contribution in [1.82, 2.24) is 19.4 Å². The predicted octanol–water partition coefficient (Wildman–Crippen LogP) is 1.03. The van der Waals surface area contributed by atoms with E-state index in [1.807, 2.05) is 11.8 Å². The lowest BCUT2D eigenvalue weighted by atomic mass is 9.95. The van der Waals surface area contributed by atoms with Crippen LogP contribution >= 0.6 is 11.5 Å². The Balaban J connectivity index is 1.72. The van der Waals surface area contributed by atoms with Crippen molar-refractivity contribution in [2.24, 2.45) is 5.92 Å². The van der Waals surface area contributed by atoms with Crippen LogP contribution in [0.2, 0.25) is 0 Å². The zero-order chi connectivity index (χ0) is 14.8. The quantitative estimate of drug-likeness (QED) is 0.831. The van der Waals surface area contributed by atoms with E-state index in [2.05, 4.69) is 14.5 Å². The van der Waals surface area contributed by atoms with Gasteiger partial charge in [-0.2, -0.15) is 0 Å². The molecule has 6 nitrogen and oxygen atoms in total.